The highest BCUT2D eigenvalue weighted by Gasteiger charge is 2.29. The molecule has 1 aliphatic heterocycles. The molecular weight excluding hydrogens is 168 g/mol. The van der Waals surface area contributed by atoms with Crippen molar-refractivity contribution in [1.29, 1.82) is 0 Å². The monoisotopic (exact) mass is 179 g/mol. The third kappa shape index (κ3) is 2.41. The normalized spacial score (nSPS) is 26.0. The van der Waals surface area contributed by atoms with Crippen molar-refractivity contribution in [2.45, 2.75) is 25.4 Å². The standard InChI is InChI=1S/C7H11F2NO2/c8-6(9)2-5(11)4-1-7(12)10-3-4/h4-6,11H,1-3H2,(H,10,12)/t4-,5?/m1/s1. The molecule has 0 aromatic heterocycles. The summed E-state index contributed by atoms with van der Waals surface area (Å²) in [5, 5.41) is 11.6. The van der Waals surface area contributed by atoms with Gasteiger partial charge in [-0.25, -0.2) is 8.78 Å². The zero-order valence-electron chi connectivity index (χ0n) is 6.46. The summed E-state index contributed by atoms with van der Waals surface area (Å²) in [7, 11) is 0. The summed E-state index contributed by atoms with van der Waals surface area (Å²) in [6.07, 6.45) is -3.95. The largest absolute Gasteiger partial charge is 0.393 e. The number of hydrogen-bond donors (Lipinski definition) is 2. The molecule has 0 aromatic carbocycles. The van der Waals surface area contributed by atoms with Crippen LogP contribution in [0, 0.1) is 5.92 Å². The minimum absolute atomic E-state index is 0.161. The van der Waals surface area contributed by atoms with E-state index in [1.807, 2.05) is 0 Å². The molecule has 0 aromatic rings. The third-order valence-corrected chi connectivity index (χ3v) is 1.97. The second kappa shape index (κ2) is 3.80. The average Bonchev–Trinajstić information content (AvgIpc) is 2.34. The Morgan fingerprint density at radius 1 is 1.67 bits per heavy atom. The van der Waals surface area contributed by atoms with Gasteiger partial charge in [0.15, 0.2) is 0 Å². The molecule has 1 unspecified atom stereocenters. The molecule has 70 valence electrons. The van der Waals surface area contributed by atoms with E-state index in [4.69, 9.17) is 5.11 Å². The van der Waals surface area contributed by atoms with Gasteiger partial charge in [-0.05, 0) is 0 Å². The van der Waals surface area contributed by atoms with Crippen molar-refractivity contribution in [2.24, 2.45) is 5.92 Å². The van der Waals surface area contributed by atoms with E-state index in [9.17, 15) is 13.6 Å². The van der Waals surface area contributed by atoms with Gasteiger partial charge in [-0.15, -0.1) is 0 Å². The summed E-state index contributed by atoms with van der Waals surface area (Å²) >= 11 is 0. The summed E-state index contributed by atoms with van der Waals surface area (Å²) in [5.41, 5.74) is 0. The van der Waals surface area contributed by atoms with Gasteiger partial charge < -0.3 is 10.4 Å². The molecule has 1 fully saturated rings. The second-order valence-electron chi connectivity index (χ2n) is 2.96. The molecule has 1 heterocycles. The predicted octanol–water partition coefficient (Wildman–Crippen LogP) is 0.139. The maximum atomic E-state index is 11.8. The quantitative estimate of drug-likeness (QED) is 0.647. The number of carbonyl (C=O) groups is 1. The van der Waals surface area contributed by atoms with Crippen LogP contribution < -0.4 is 5.32 Å². The highest BCUT2D eigenvalue weighted by molar-refractivity contribution is 5.78. The lowest BCUT2D eigenvalue weighted by Gasteiger charge is -2.14. The lowest BCUT2D eigenvalue weighted by molar-refractivity contribution is -0.119. The molecule has 0 bridgehead atoms. The van der Waals surface area contributed by atoms with Crippen LogP contribution in [0.4, 0.5) is 8.78 Å². The first-order valence-corrected chi connectivity index (χ1v) is 3.82. The summed E-state index contributed by atoms with van der Waals surface area (Å²) in [5.74, 6) is -0.514. The highest BCUT2D eigenvalue weighted by atomic mass is 19.3. The number of carbonyl (C=O) groups excluding carboxylic acids is 1. The van der Waals surface area contributed by atoms with Crippen molar-refractivity contribution in [2.75, 3.05) is 6.54 Å². The van der Waals surface area contributed by atoms with Crippen molar-refractivity contribution in [3.8, 4) is 0 Å². The number of aliphatic hydroxyl groups is 1. The van der Waals surface area contributed by atoms with Crippen molar-refractivity contribution in [3.63, 3.8) is 0 Å². The Labute approximate surface area is 68.8 Å². The number of hydrogen-bond acceptors (Lipinski definition) is 2. The van der Waals surface area contributed by atoms with Crippen LogP contribution in [0.2, 0.25) is 0 Å². The Balaban J connectivity index is 2.32. The average molecular weight is 179 g/mol. The summed E-state index contributed by atoms with van der Waals surface area (Å²) in [6.45, 7) is 0.312. The molecule has 0 radical (unpaired) electrons. The molecule has 5 heteroatoms. The van der Waals surface area contributed by atoms with E-state index in [-0.39, 0.29) is 18.2 Å². The molecule has 12 heavy (non-hydrogen) atoms. The molecule has 2 N–H and O–H groups in total. The lowest BCUT2D eigenvalue weighted by Crippen LogP contribution is -2.24. The zero-order chi connectivity index (χ0) is 9.14. The van der Waals surface area contributed by atoms with Crippen LogP contribution in [0.1, 0.15) is 12.8 Å². The Morgan fingerprint density at radius 2 is 2.33 bits per heavy atom. The van der Waals surface area contributed by atoms with E-state index in [0.29, 0.717) is 6.54 Å². The van der Waals surface area contributed by atoms with Gasteiger partial charge >= 0.3 is 0 Å². The molecule has 0 spiro atoms. The molecule has 3 nitrogen and oxygen atoms in total. The van der Waals surface area contributed by atoms with E-state index in [0.717, 1.165) is 0 Å². The minimum atomic E-state index is -2.50. The van der Waals surface area contributed by atoms with Crippen molar-refractivity contribution in [1.82, 2.24) is 5.32 Å². The highest BCUT2D eigenvalue weighted by Crippen LogP contribution is 2.18. The van der Waals surface area contributed by atoms with Gasteiger partial charge in [-0.1, -0.05) is 0 Å². The van der Waals surface area contributed by atoms with Gasteiger partial charge in [-0.3, -0.25) is 4.79 Å². The van der Waals surface area contributed by atoms with Crippen LogP contribution in [0.3, 0.4) is 0 Å². The van der Waals surface area contributed by atoms with Crippen LogP contribution in [-0.4, -0.2) is 30.1 Å². The minimum Gasteiger partial charge on any atom is -0.393 e. The predicted molar refractivity (Wildman–Crippen MR) is 37.7 cm³/mol. The van der Waals surface area contributed by atoms with Crippen LogP contribution in [0.15, 0.2) is 0 Å². The molecule has 1 rings (SSSR count). The SMILES string of the molecule is O=C1C[C@@H](C(O)CC(F)F)CN1. The van der Waals surface area contributed by atoms with Gasteiger partial charge in [0.1, 0.15) is 0 Å². The number of halogens is 2. The van der Waals surface area contributed by atoms with Crippen LogP contribution in [-0.2, 0) is 4.79 Å². The van der Waals surface area contributed by atoms with Crippen LogP contribution in [0.25, 0.3) is 0 Å². The molecule has 0 saturated carbocycles. The van der Waals surface area contributed by atoms with Crippen LogP contribution in [0.5, 0.6) is 0 Å². The van der Waals surface area contributed by atoms with Crippen molar-refractivity contribution >= 4 is 5.91 Å². The fourth-order valence-electron chi connectivity index (χ4n) is 1.27. The zero-order valence-corrected chi connectivity index (χ0v) is 6.46. The van der Waals surface area contributed by atoms with E-state index < -0.39 is 19.0 Å². The number of aliphatic hydroxyl groups excluding tert-OH is 1. The number of rotatable bonds is 3. The topological polar surface area (TPSA) is 49.3 Å². The van der Waals surface area contributed by atoms with Gasteiger partial charge in [0, 0.05) is 25.3 Å². The fraction of sp³-hybridized carbons (Fsp3) is 0.857. The van der Waals surface area contributed by atoms with Gasteiger partial charge in [0.2, 0.25) is 12.3 Å². The van der Waals surface area contributed by atoms with Gasteiger partial charge in [0.05, 0.1) is 6.10 Å². The smallest absolute Gasteiger partial charge is 0.241 e. The Kier molecular flexibility index (Phi) is 2.97. The third-order valence-electron chi connectivity index (χ3n) is 1.97. The summed E-state index contributed by atoms with van der Waals surface area (Å²) in [6, 6.07) is 0. The Bertz CT molecular complexity index is 175. The first-order chi connectivity index (χ1) is 5.59. The summed E-state index contributed by atoms with van der Waals surface area (Å²) < 4.78 is 23.5. The molecule has 2 atom stereocenters. The van der Waals surface area contributed by atoms with Gasteiger partial charge in [0.25, 0.3) is 0 Å². The van der Waals surface area contributed by atoms with E-state index in [1.165, 1.54) is 0 Å². The first kappa shape index (κ1) is 9.38. The van der Waals surface area contributed by atoms with Crippen LogP contribution >= 0.6 is 0 Å². The van der Waals surface area contributed by atoms with Crippen molar-refractivity contribution in [3.05, 3.63) is 0 Å². The first-order valence-electron chi connectivity index (χ1n) is 3.82. The number of nitrogens with one attached hydrogen (secondary N) is 1. The maximum absolute atomic E-state index is 11.8. The van der Waals surface area contributed by atoms with E-state index >= 15 is 0 Å². The second-order valence-corrected chi connectivity index (χ2v) is 2.96. The van der Waals surface area contributed by atoms with E-state index in [2.05, 4.69) is 5.32 Å². The number of alkyl halides is 2. The Hall–Kier alpha value is -0.710. The van der Waals surface area contributed by atoms with E-state index in [1.54, 1.807) is 0 Å². The lowest BCUT2D eigenvalue weighted by atomic mass is 9.99. The fourth-order valence-corrected chi connectivity index (χ4v) is 1.27. The van der Waals surface area contributed by atoms with Gasteiger partial charge in [-0.2, -0.15) is 0 Å². The number of amides is 1. The van der Waals surface area contributed by atoms with Crippen molar-refractivity contribution < 1.29 is 18.7 Å². The molecule has 0 aliphatic carbocycles. The molecule has 1 amide bonds. The molecular formula is C7H11F2NO2. The molecule has 1 saturated heterocycles. The molecule has 1 aliphatic rings. The Morgan fingerprint density at radius 3 is 2.75 bits per heavy atom. The maximum Gasteiger partial charge on any atom is 0.241 e. The summed E-state index contributed by atoms with van der Waals surface area (Å²) in [4.78, 5) is 10.6.